The Hall–Kier alpha value is -3.02. The van der Waals surface area contributed by atoms with Crippen molar-refractivity contribution in [3.63, 3.8) is 0 Å². The molecule has 154 valence electrons. The Kier molecular flexibility index (Phi) is 9.57. The van der Waals surface area contributed by atoms with E-state index < -0.39 is 61.6 Å². The second kappa shape index (κ2) is 11.6. The summed E-state index contributed by atoms with van der Waals surface area (Å²) >= 11 is 0. The molecule has 0 bridgehead atoms. The molecule has 1 rings (SSSR count). The van der Waals surface area contributed by atoms with Crippen LogP contribution in [0.1, 0.15) is 5.56 Å². The van der Waals surface area contributed by atoms with E-state index in [-0.39, 0.29) is 6.42 Å². The molecule has 0 aliphatic rings. The Morgan fingerprint density at radius 3 is 2.04 bits per heavy atom. The van der Waals surface area contributed by atoms with Crippen LogP contribution in [0, 0.1) is 0 Å². The highest BCUT2D eigenvalue weighted by molar-refractivity contribution is 5.93. The lowest BCUT2D eigenvalue weighted by atomic mass is 10.0. The monoisotopic (exact) mass is 396 g/mol. The van der Waals surface area contributed by atoms with E-state index in [9.17, 15) is 24.3 Å². The van der Waals surface area contributed by atoms with Gasteiger partial charge in [-0.25, -0.2) is 0 Å². The third kappa shape index (κ3) is 7.70. The van der Waals surface area contributed by atoms with Gasteiger partial charge in [0.25, 0.3) is 0 Å². The normalized spacial score (nSPS) is 13.7. The zero-order chi connectivity index (χ0) is 21.1. The number of carbonyl (C=O) groups is 4. The first-order valence-corrected chi connectivity index (χ1v) is 8.40. The van der Waals surface area contributed by atoms with Crippen LogP contribution < -0.4 is 21.7 Å². The molecule has 11 heteroatoms. The summed E-state index contributed by atoms with van der Waals surface area (Å²) in [6, 6.07) is 4.90. The topological polar surface area (TPSA) is 191 Å². The van der Waals surface area contributed by atoms with Crippen molar-refractivity contribution < 1.29 is 34.5 Å². The van der Waals surface area contributed by atoms with Crippen LogP contribution in [0.15, 0.2) is 30.3 Å². The minimum absolute atomic E-state index is 0.0610. The van der Waals surface area contributed by atoms with Crippen LogP contribution in [-0.4, -0.2) is 76.9 Å². The lowest BCUT2D eigenvalue weighted by Gasteiger charge is -2.23. The molecule has 8 N–H and O–H groups in total. The molecule has 0 aliphatic carbocycles. The molecule has 3 unspecified atom stereocenters. The molecule has 0 spiro atoms. The maximum absolute atomic E-state index is 12.6. The lowest BCUT2D eigenvalue weighted by Crippen LogP contribution is -2.57. The second-order valence-electron chi connectivity index (χ2n) is 5.90. The van der Waals surface area contributed by atoms with Gasteiger partial charge < -0.3 is 37.0 Å². The molecule has 0 fully saturated rings. The van der Waals surface area contributed by atoms with E-state index in [2.05, 4.69) is 10.6 Å². The van der Waals surface area contributed by atoms with Crippen LogP contribution in [-0.2, 0) is 25.6 Å². The number of aliphatic carboxylic acids is 1. The Morgan fingerprint density at radius 2 is 1.50 bits per heavy atom. The first-order valence-electron chi connectivity index (χ1n) is 8.40. The van der Waals surface area contributed by atoms with Gasteiger partial charge in [0, 0.05) is 6.42 Å². The molecule has 3 amide bonds. The molecule has 0 radical (unpaired) electrons. The van der Waals surface area contributed by atoms with Gasteiger partial charge in [0.05, 0.1) is 13.2 Å². The van der Waals surface area contributed by atoms with Crippen molar-refractivity contribution in [2.45, 2.75) is 24.5 Å². The number of hydrogen-bond acceptors (Lipinski definition) is 7. The third-order valence-electron chi connectivity index (χ3n) is 3.68. The van der Waals surface area contributed by atoms with Gasteiger partial charge in [0.1, 0.15) is 24.7 Å². The van der Waals surface area contributed by atoms with Crippen molar-refractivity contribution in [3.8, 4) is 0 Å². The van der Waals surface area contributed by atoms with Gasteiger partial charge in [-0.2, -0.15) is 0 Å². The average Bonchev–Trinajstić information content (AvgIpc) is 2.69. The molecule has 1 aromatic carbocycles. The number of benzene rings is 1. The van der Waals surface area contributed by atoms with Crippen LogP contribution in [0.2, 0.25) is 0 Å². The van der Waals surface area contributed by atoms with E-state index in [4.69, 9.17) is 15.9 Å². The highest BCUT2D eigenvalue weighted by atomic mass is 16.4. The summed E-state index contributed by atoms with van der Waals surface area (Å²) in [5.74, 6) is -3.74. The Balaban J connectivity index is 2.87. The highest BCUT2D eigenvalue weighted by Gasteiger charge is 2.28. The van der Waals surface area contributed by atoms with Gasteiger partial charge in [-0.3, -0.25) is 19.2 Å². The first-order chi connectivity index (χ1) is 13.3. The predicted octanol–water partition coefficient (Wildman–Crippen LogP) is -3.29. The first kappa shape index (κ1) is 23.0. The second-order valence-corrected chi connectivity index (χ2v) is 5.90. The molecule has 0 aliphatic heterocycles. The minimum Gasteiger partial charge on any atom is -0.480 e. The zero-order valence-electron chi connectivity index (χ0n) is 15.0. The van der Waals surface area contributed by atoms with E-state index in [1.54, 1.807) is 30.3 Å². The predicted molar refractivity (Wildman–Crippen MR) is 96.8 cm³/mol. The van der Waals surface area contributed by atoms with Crippen molar-refractivity contribution >= 4 is 23.7 Å². The smallest absolute Gasteiger partial charge is 0.322 e. The van der Waals surface area contributed by atoms with Crippen molar-refractivity contribution in [1.82, 2.24) is 16.0 Å². The number of carbonyl (C=O) groups excluding carboxylic acids is 3. The summed E-state index contributed by atoms with van der Waals surface area (Å²) < 4.78 is 0. The SMILES string of the molecule is NC(CO)C(=O)NC(Cc1ccccc1)C(=O)NC(CO)C(=O)NCC(=O)O. The van der Waals surface area contributed by atoms with Crippen LogP contribution in [0.25, 0.3) is 0 Å². The van der Waals surface area contributed by atoms with Crippen molar-refractivity contribution in [1.29, 1.82) is 0 Å². The van der Waals surface area contributed by atoms with Crippen LogP contribution in [0.4, 0.5) is 0 Å². The number of rotatable bonds is 11. The minimum atomic E-state index is -1.41. The van der Waals surface area contributed by atoms with Crippen LogP contribution >= 0.6 is 0 Å². The van der Waals surface area contributed by atoms with Crippen LogP contribution in [0.5, 0.6) is 0 Å². The number of carboxylic acid groups (broad SMARTS) is 1. The van der Waals surface area contributed by atoms with Crippen LogP contribution in [0.3, 0.4) is 0 Å². The maximum Gasteiger partial charge on any atom is 0.322 e. The van der Waals surface area contributed by atoms with Crippen molar-refractivity contribution in [3.05, 3.63) is 35.9 Å². The standard InChI is InChI=1S/C17H24N4O7/c18-11(8-22)15(26)20-12(6-10-4-2-1-3-5-10)17(28)21-13(9-23)16(27)19-7-14(24)25/h1-5,11-13,22-23H,6-9,18H2,(H,19,27)(H,20,26)(H,21,28)(H,24,25). The Labute approximate surface area is 160 Å². The summed E-state index contributed by atoms with van der Waals surface area (Å²) in [5, 5.41) is 33.6. The fourth-order valence-electron chi connectivity index (χ4n) is 2.17. The summed E-state index contributed by atoms with van der Waals surface area (Å²) in [4.78, 5) is 46.9. The van der Waals surface area contributed by atoms with E-state index in [0.29, 0.717) is 5.56 Å². The van der Waals surface area contributed by atoms with Gasteiger partial charge in [0.15, 0.2) is 0 Å². The number of aliphatic hydroxyl groups excluding tert-OH is 2. The average molecular weight is 396 g/mol. The molecule has 3 atom stereocenters. The molecule has 28 heavy (non-hydrogen) atoms. The number of nitrogens with one attached hydrogen (secondary N) is 3. The van der Waals surface area contributed by atoms with Gasteiger partial charge in [-0.05, 0) is 5.56 Å². The maximum atomic E-state index is 12.6. The molecule has 0 heterocycles. The number of nitrogens with two attached hydrogens (primary N) is 1. The van der Waals surface area contributed by atoms with E-state index in [0.717, 1.165) is 0 Å². The summed E-state index contributed by atoms with van der Waals surface area (Å²) in [7, 11) is 0. The summed E-state index contributed by atoms with van der Waals surface area (Å²) in [5.41, 5.74) is 6.15. The molecule has 11 nitrogen and oxygen atoms in total. The van der Waals surface area contributed by atoms with Gasteiger partial charge in [-0.15, -0.1) is 0 Å². The number of amides is 3. The molecule has 1 aromatic rings. The Morgan fingerprint density at radius 1 is 0.893 bits per heavy atom. The van der Waals surface area contributed by atoms with Gasteiger partial charge in [-0.1, -0.05) is 30.3 Å². The lowest BCUT2D eigenvalue weighted by molar-refractivity contribution is -0.139. The fourth-order valence-corrected chi connectivity index (χ4v) is 2.17. The molecule has 0 saturated carbocycles. The molecular formula is C17H24N4O7. The highest BCUT2D eigenvalue weighted by Crippen LogP contribution is 2.04. The largest absolute Gasteiger partial charge is 0.480 e. The third-order valence-corrected chi connectivity index (χ3v) is 3.68. The van der Waals surface area contributed by atoms with E-state index >= 15 is 0 Å². The van der Waals surface area contributed by atoms with E-state index in [1.807, 2.05) is 5.32 Å². The summed E-state index contributed by atoms with van der Waals surface area (Å²) in [6.45, 7) is -2.08. The number of carboxylic acids is 1. The molecule has 0 saturated heterocycles. The quantitative estimate of drug-likeness (QED) is 0.202. The zero-order valence-corrected chi connectivity index (χ0v) is 15.0. The Bertz CT molecular complexity index is 683. The summed E-state index contributed by atoms with van der Waals surface area (Å²) in [6.07, 6.45) is 0.0610. The van der Waals surface area contributed by atoms with Crippen molar-refractivity contribution in [2.75, 3.05) is 19.8 Å². The van der Waals surface area contributed by atoms with E-state index in [1.165, 1.54) is 0 Å². The van der Waals surface area contributed by atoms with Crippen molar-refractivity contribution in [2.24, 2.45) is 5.73 Å². The number of hydrogen-bond donors (Lipinski definition) is 7. The molecule has 0 aromatic heterocycles. The molecular weight excluding hydrogens is 372 g/mol. The van der Waals surface area contributed by atoms with Gasteiger partial charge >= 0.3 is 5.97 Å². The fraction of sp³-hybridized carbons (Fsp3) is 0.412. The number of aliphatic hydroxyl groups is 2. The van der Waals surface area contributed by atoms with Gasteiger partial charge in [0.2, 0.25) is 17.7 Å².